The molecule has 1 fully saturated rings. The normalized spacial score (nSPS) is 21.5. The van der Waals surface area contributed by atoms with Gasteiger partial charge in [-0.3, -0.25) is 9.59 Å². The number of nitrogens with one attached hydrogen (secondary N) is 2. The van der Waals surface area contributed by atoms with E-state index in [-0.39, 0.29) is 17.9 Å². The predicted molar refractivity (Wildman–Crippen MR) is 81.3 cm³/mol. The number of benzene rings is 1. The van der Waals surface area contributed by atoms with Crippen molar-refractivity contribution >= 4 is 23.2 Å². The smallest absolute Gasteiger partial charge is 0.246 e. The maximum Gasteiger partial charge on any atom is 0.246 e. The number of likely N-dealkylation sites (N-methyl/N-ethyl adjacent to an activating group) is 2. The van der Waals surface area contributed by atoms with Crippen LogP contribution >= 0.6 is 0 Å². The van der Waals surface area contributed by atoms with E-state index in [1.54, 1.807) is 4.90 Å². The minimum Gasteiger partial charge on any atom is -0.360 e. The number of amides is 2. The molecule has 0 saturated carbocycles. The molecule has 2 N–H and O–H groups in total. The Bertz CT molecular complexity index is 587. The molecule has 0 bridgehead atoms. The number of piperazine rings is 1. The zero-order chi connectivity index (χ0) is 15.0. The Morgan fingerprint density at radius 2 is 2.14 bits per heavy atom. The fraction of sp³-hybridized carbons (Fsp3) is 0.467. The quantitative estimate of drug-likeness (QED) is 0.853. The SMILES string of the molecule is CCNC1C(=O)Nc2cc(N3CCN(C)C(=O)C3)ccc21. The summed E-state index contributed by atoms with van der Waals surface area (Å²) in [4.78, 5) is 27.6. The first kappa shape index (κ1) is 13.9. The summed E-state index contributed by atoms with van der Waals surface area (Å²) in [7, 11) is 1.82. The molecule has 1 atom stereocenters. The van der Waals surface area contributed by atoms with Gasteiger partial charge < -0.3 is 20.4 Å². The predicted octanol–water partition coefficient (Wildman–Crippen LogP) is 0.568. The van der Waals surface area contributed by atoms with Gasteiger partial charge in [-0.1, -0.05) is 13.0 Å². The van der Waals surface area contributed by atoms with Gasteiger partial charge in [0.05, 0.1) is 6.54 Å². The van der Waals surface area contributed by atoms with Crippen molar-refractivity contribution in [2.24, 2.45) is 0 Å². The number of fused-ring (bicyclic) bond motifs is 1. The molecule has 1 aromatic carbocycles. The summed E-state index contributed by atoms with van der Waals surface area (Å²) in [5.74, 6) is 0.106. The second kappa shape index (κ2) is 5.37. The van der Waals surface area contributed by atoms with Gasteiger partial charge in [0.2, 0.25) is 11.8 Å². The summed E-state index contributed by atoms with van der Waals surface area (Å²) in [6.07, 6.45) is 0. The minimum absolute atomic E-state index is 0.0153. The fourth-order valence-corrected chi connectivity index (χ4v) is 2.83. The van der Waals surface area contributed by atoms with Crippen molar-refractivity contribution in [2.75, 3.05) is 43.4 Å². The van der Waals surface area contributed by atoms with Crippen molar-refractivity contribution in [2.45, 2.75) is 13.0 Å². The van der Waals surface area contributed by atoms with Crippen molar-refractivity contribution in [3.05, 3.63) is 23.8 Å². The highest BCUT2D eigenvalue weighted by molar-refractivity contribution is 6.03. The highest BCUT2D eigenvalue weighted by Gasteiger charge is 2.30. The molecule has 0 radical (unpaired) electrons. The number of hydrogen-bond acceptors (Lipinski definition) is 4. The maximum absolute atomic E-state index is 12.0. The van der Waals surface area contributed by atoms with E-state index in [1.165, 1.54) is 0 Å². The third-order valence-electron chi connectivity index (χ3n) is 4.10. The van der Waals surface area contributed by atoms with Crippen molar-refractivity contribution in [3.63, 3.8) is 0 Å². The molecule has 2 aliphatic heterocycles. The van der Waals surface area contributed by atoms with E-state index >= 15 is 0 Å². The molecule has 21 heavy (non-hydrogen) atoms. The molecule has 2 aliphatic rings. The summed E-state index contributed by atoms with van der Waals surface area (Å²) in [6, 6.07) is 5.65. The molecule has 1 unspecified atom stereocenters. The fourth-order valence-electron chi connectivity index (χ4n) is 2.83. The zero-order valence-corrected chi connectivity index (χ0v) is 12.3. The average molecular weight is 288 g/mol. The van der Waals surface area contributed by atoms with Crippen LogP contribution in [0.1, 0.15) is 18.5 Å². The molecule has 6 nitrogen and oxygen atoms in total. The van der Waals surface area contributed by atoms with Gasteiger partial charge in [0.1, 0.15) is 6.04 Å². The second-order valence-corrected chi connectivity index (χ2v) is 5.49. The maximum atomic E-state index is 12.0. The number of rotatable bonds is 3. The molecule has 2 heterocycles. The molecule has 1 aromatic rings. The summed E-state index contributed by atoms with van der Waals surface area (Å²) in [6.45, 7) is 4.65. The van der Waals surface area contributed by atoms with Gasteiger partial charge in [0, 0.05) is 37.1 Å². The molecular formula is C15H20N4O2. The van der Waals surface area contributed by atoms with Crippen molar-refractivity contribution in [1.29, 1.82) is 0 Å². The van der Waals surface area contributed by atoms with Crippen LogP contribution in [0.5, 0.6) is 0 Å². The van der Waals surface area contributed by atoms with Gasteiger partial charge >= 0.3 is 0 Å². The van der Waals surface area contributed by atoms with Crippen LogP contribution in [0.15, 0.2) is 18.2 Å². The van der Waals surface area contributed by atoms with Crippen LogP contribution in [0, 0.1) is 0 Å². The third-order valence-corrected chi connectivity index (χ3v) is 4.10. The van der Waals surface area contributed by atoms with E-state index in [4.69, 9.17) is 0 Å². The highest BCUT2D eigenvalue weighted by atomic mass is 16.2. The number of nitrogens with zero attached hydrogens (tertiary/aromatic N) is 2. The largest absolute Gasteiger partial charge is 0.360 e. The minimum atomic E-state index is -0.270. The van der Waals surface area contributed by atoms with Gasteiger partial charge in [-0.15, -0.1) is 0 Å². The van der Waals surface area contributed by atoms with E-state index in [0.29, 0.717) is 6.54 Å². The van der Waals surface area contributed by atoms with Crippen molar-refractivity contribution in [3.8, 4) is 0 Å². The van der Waals surface area contributed by atoms with Crippen molar-refractivity contribution in [1.82, 2.24) is 10.2 Å². The van der Waals surface area contributed by atoms with E-state index in [2.05, 4.69) is 15.5 Å². The lowest BCUT2D eigenvalue weighted by atomic mass is 10.1. The van der Waals surface area contributed by atoms with Crippen LogP contribution in [-0.2, 0) is 9.59 Å². The first-order valence-corrected chi connectivity index (χ1v) is 7.27. The summed E-state index contributed by atoms with van der Waals surface area (Å²) >= 11 is 0. The number of hydrogen-bond donors (Lipinski definition) is 2. The van der Waals surface area contributed by atoms with Gasteiger partial charge in [0.25, 0.3) is 0 Å². The molecule has 0 spiro atoms. The summed E-state index contributed by atoms with van der Waals surface area (Å²) in [5, 5.41) is 6.08. The zero-order valence-electron chi connectivity index (χ0n) is 12.3. The van der Waals surface area contributed by atoms with Crippen molar-refractivity contribution < 1.29 is 9.59 Å². The van der Waals surface area contributed by atoms with E-state index in [1.807, 2.05) is 32.2 Å². The molecule has 112 valence electrons. The average Bonchev–Trinajstić information content (AvgIpc) is 2.78. The summed E-state index contributed by atoms with van der Waals surface area (Å²) in [5.41, 5.74) is 2.80. The Labute approximate surface area is 124 Å². The molecule has 6 heteroatoms. The van der Waals surface area contributed by atoms with Gasteiger partial charge in [-0.25, -0.2) is 0 Å². The number of carbonyl (C=O) groups excluding carboxylic acids is 2. The Morgan fingerprint density at radius 1 is 1.33 bits per heavy atom. The van der Waals surface area contributed by atoms with Crippen LogP contribution in [0.4, 0.5) is 11.4 Å². The van der Waals surface area contributed by atoms with Crippen LogP contribution in [0.2, 0.25) is 0 Å². The van der Waals surface area contributed by atoms with Crippen LogP contribution in [-0.4, -0.2) is 49.9 Å². The first-order chi connectivity index (χ1) is 10.1. The van der Waals surface area contributed by atoms with E-state index < -0.39 is 0 Å². The van der Waals surface area contributed by atoms with Gasteiger partial charge in [-0.2, -0.15) is 0 Å². The Hall–Kier alpha value is -2.08. The van der Waals surface area contributed by atoms with Gasteiger partial charge in [0.15, 0.2) is 0 Å². The monoisotopic (exact) mass is 288 g/mol. The lowest BCUT2D eigenvalue weighted by Gasteiger charge is -2.33. The lowest BCUT2D eigenvalue weighted by molar-refractivity contribution is -0.129. The molecule has 3 rings (SSSR count). The Kier molecular flexibility index (Phi) is 3.55. The molecule has 2 amide bonds. The van der Waals surface area contributed by atoms with Crippen LogP contribution in [0.25, 0.3) is 0 Å². The Balaban J connectivity index is 1.83. The third kappa shape index (κ3) is 2.47. The molecule has 0 aromatic heterocycles. The van der Waals surface area contributed by atoms with Crippen LogP contribution in [0.3, 0.4) is 0 Å². The first-order valence-electron chi connectivity index (χ1n) is 7.27. The van der Waals surface area contributed by atoms with Gasteiger partial charge in [-0.05, 0) is 18.7 Å². The van der Waals surface area contributed by atoms with Crippen LogP contribution < -0.4 is 15.5 Å². The standard InChI is InChI=1S/C15H20N4O2/c1-3-16-14-11-5-4-10(8-12(11)17-15(14)21)19-7-6-18(2)13(20)9-19/h4-5,8,14,16H,3,6-7,9H2,1-2H3,(H,17,21). The molecular weight excluding hydrogens is 268 g/mol. The van der Waals surface area contributed by atoms with E-state index in [9.17, 15) is 9.59 Å². The lowest BCUT2D eigenvalue weighted by Crippen LogP contribution is -2.48. The Morgan fingerprint density at radius 3 is 2.86 bits per heavy atom. The molecule has 1 saturated heterocycles. The molecule has 0 aliphatic carbocycles. The van der Waals surface area contributed by atoms with E-state index in [0.717, 1.165) is 36.6 Å². The number of anilines is 2. The summed E-state index contributed by atoms with van der Waals surface area (Å²) < 4.78 is 0. The number of carbonyl (C=O) groups is 2. The topological polar surface area (TPSA) is 64.7 Å². The second-order valence-electron chi connectivity index (χ2n) is 5.49. The highest BCUT2D eigenvalue weighted by Crippen LogP contribution is 2.34.